The number of aromatic nitrogens is 1. The molecule has 1 saturated heterocycles. The maximum atomic E-state index is 13.4. The van der Waals surface area contributed by atoms with E-state index in [1.807, 2.05) is 27.8 Å². The van der Waals surface area contributed by atoms with Crippen molar-refractivity contribution in [2.75, 3.05) is 43.0 Å². The van der Waals surface area contributed by atoms with E-state index in [0.29, 0.717) is 23.7 Å². The first-order valence-corrected chi connectivity index (χ1v) is 13.7. The van der Waals surface area contributed by atoms with Crippen LogP contribution in [0.4, 0.5) is 20.0 Å². The van der Waals surface area contributed by atoms with Gasteiger partial charge in [0.25, 0.3) is 0 Å². The standard InChI is InChI=1S/C29H32FN5O2S/c1-29(2,3)37-28(36)35-15-13-34(14-16-35)22-11-7-19-8-12-24(23(19)17-22)33(4)27-32-26(25(18-31)38-27)20-5-9-21(30)10-6-20/h5-7,9-11,17,24H,8,12-16H2,1-4H3. The van der Waals surface area contributed by atoms with Gasteiger partial charge >= 0.3 is 6.09 Å². The smallest absolute Gasteiger partial charge is 0.410 e. The molecule has 1 aliphatic heterocycles. The number of aryl methyl sites for hydroxylation is 1. The molecule has 198 valence electrons. The summed E-state index contributed by atoms with van der Waals surface area (Å²) in [6, 6.07) is 15.2. The summed E-state index contributed by atoms with van der Waals surface area (Å²) in [6.07, 6.45) is 1.70. The summed E-state index contributed by atoms with van der Waals surface area (Å²) in [7, 11) is 2.03. The van der Waals surface area contributed by atoms with E-state index in [-0.39, 0.29) is 18.0 Å². The number of thiazole rings is 1. The summed E-state index contributed by atoms with van der Waals surface area (Å²) in [5.74, 6) is -0.315. The van der Waals surface area contributed by atoms with Crippen LogP contribution >= 0.6 is 11.3 Å². The Balaban J connectivity index is 1.32. The molecule has 0 saturated carbocycles. The lowest BCUT2D eigenvalue weighted by Crippen LogP contribution is -2.50. The van der Waals surface area contributed by atoms with Gasteiger partial charge in [-0.2, -0.15) is 5.26 Å². The number of amides is 1. The van der Waals surface area contributed by atoms with E-state index in [0.717, 1.165) is 42.3 Å². The topological polar surface area (TPSA) is 72.7 Å². The third kappa shape index (κ3) is 5.32. The van der Waals surface area contributed by atoms with Crippen molar-refractivity contribution in [1.29, 1.82) is 5.26 Å². The molecule has 1 fully saturated rings. The van der Waals surface area contributed by atoms with E-state index in [9.17, 15) is 14.4 Å². The van der Waals surface area contributed by atoms with Crippen LogP contribution in [0.25, 0.3) is 11.3 Å². The van der Waals surface area contributed by atoms with Gasteiger partial charge in [0.15, 0.2) is 5.13 Å². The molecule has 1 unspecified atom stereocenters. The molecule has 1 atom stereocenters. The van der Waals surface area contributed by atoms with Crippen molar-refractivity contribution in [3.8, 4) is 17.3 Å². The highest BCUT2D eigenvalue weighted by molar-refractivity contribution is 7.16. The number of piperazine rings is 1. The Morgan fingerprint density at radius 1 is 1.16 bits per heavy atom. The van der Waals surface area contributed by atoms with Crippen LogP contribution in [0.15, 0.2) is 42.5 Å². The van der Waals surface area contributed by atoms with Gasteiger partial charge in [-0.25, -0.2) is 14.2 Å². The minimum atomic E-state index is -0.500. The third-order valence-electron chi connectivity index (χ3n) is 7.08. The Labute approximate surface area is 227 Å². The number of carbonyl (C=O) groups is 1. The van der Waals surface area contributed by atoms with Crippen LogP contribution in [0.1, 0.15) is 49.2 Å². The molecule has 3 aromatic rings. The van der Waals surface area contributed by atoms with Gasteiger partial charge in [0.1, 0.15) is 28.1 Å². The molecule has 2 heterocycles. The van der Waals surface area contributed by atoms with Crippen molar-refractivity contribution in [2.24, 2.45) is 0 Å². The molecule has 0 bridgehead atoms. The Bertz CT molecular complexity index is 1370. The van der Waals surface area contributed by atoms with E-state index < -0.39 is 5.60 Å². The van der Waals surface area contributed by atoms with Crippen molar-refractivity contribution in [3.05, 3.63) is 64.3 Å². The molecular weight excluding hydrogens is 501 g/mol. The van der Waals surface area contributed by atoms with Crippen LogP contribution in [0.3, 0.4) is 0 Å². The number of rotatable bonds is 4. The lowest BCUT2D eigenvalue weighted by atomic mass is 10.1. The number of hydrogen-bond acceptors (Lipinski definition) is 7. The monoisotopic (exact) mass is 533 g/mol. The summed E-state index contributed by atoms with van der Waals surface area (Å²) in [5, 5.41) is 10.5. The molecule has 2 aliphatic rings. The number of nitrogens with zero attached hydrogens (tertiary/aromatic N) is 5. The highest BCUT2D eigenvalue weighted by Gasteiger charge is 2.31. The van der Waals surface area contributed by atoms with Crippen LogP contribution in [-0.4, -0.2) is 54.8 Å². The molecule has 1 aromatic heterocycles. The second-order valence-corrected chi connectivity index (χ2v) is 11.8. The fourth-order valence-corrected chi connectivity index (χ4v) is 6.01. The van der Waals surface area contributed by atoms with Crippen LogP contribution in [0, 0.1) is 17.1 Å². The Morgan fingerprint density at radius 2 is 1.87 bits per heavy atom. The molecule has 2 aromatic carbocycles. The van der Waals surface area contributed by atoms with Gasteiger partial charge in [-0.05, 0) is 81.1 Å². The molecule has 1 aliphatic carbocycles. The van der Waals surface area contributed by atoms with Crippen molar-refractivity contribution < 1.29 is 13.9 Å². The van der Waals surface area contributed by atoms with Crippen molar-refractivity contribution >= 4 is 28.2 Å². The first-order valence-electron chi connectivity index (χ1n) is 12.9. The average molecular weight is 534 g/mol. The molecule has 0 radical (unpaired) electrons. The normalized spacial score (nSPS) is 17.2. The summed E-state index contributed by atoms with van der Waals surface area (Å²) in [4.78, 5) is 24.0. The lowest BCUT2D eigenvalue weighted by molar-refractivity contribution is 0.0240. The number of ether oxygens (including phenoxy) is 1. The quantitative estimate of drug-likeness (QED) is 0.410. The molecule has 9 heteroatoms. The second-order valence-electron chi connectivity index (χ2n) is 10.8. The minimum Gasteiger partial charge on any atom is -0.444 e. The second kappa shape index (κ2) is 10.3. The molecule has 0 spiro atoms. The van der Waals surface area contributed by atoms with E-state index in [4.69, 9.17) is 9.72 Å². The van der Waals surface area contributed by atoms with Gasteiger partial charge in [0.05, 0.1) is 6.04 Å². The van der Waals surface area contributed by atoms with E-state index in [1.54, 1.807) is 17.0 Å². The summed E-state index contributed by atoms with van der Waals surface area (Å²) in [6.45, 7) is 8.39. The van der Waals surface area contributed by atoms with Gasteiger partial charge in [-0.15, -0.1) is 0 Å². The fourth-order valence-electron chi connectivity index (χ4n) is 5.11. The Hall–Kier alpha value is -3.64. The molecule has 5 rings (SSSR count). The Kier molecular flexibility index (Phi) is 7.01. The van der Waals surface area contributed by atoms with Gasteiger partial charge < -0.3 is 19.4 Å². The molecule has 38 heavy (non-hydrogen) atoms. The van der Waals surface area contributed by atoms with E-state index >= 15 is 0 Å². The summed E-state index contributed by atoms with van der Waals surface area (Å²) >= 11 is 1.37. The number of nitriles is 1. The zero-order chi connectivity index (χ0) is 27.0. The van der Waals surface area contributed by atoms with Crippen LogP contribution in [0.2, 0.25) is 0 Å². The van der Waals surface area contributed by atoms with Crippen molar-refractivity contribution in [1.82, 2.24) is 9.88 Å². The summed E-state index contributed by atoms with van der Waals surface area (Å²) in [5.41, 5.74) is 4.58. The lowest BCUT2D eigenvalue weighted by Gasteiger charge is -2.37. The molecule has 1 amide bonds. The number of hydrogen-bond donors (Lipinski definition) is 0. The van der Waals surface area contributed by atoms with Gasteiger partial charge in [-0.1, -0.05) is 17.4 Å². The molecular formula is C29H32FN5O2S. The largest absolute Gasteiger partial charge is 0.444 e. The van der Waals surface area contributed by atoms with E-state index in [1.165, 1.54) is 34.6 Å². The number of benzene rings is 2. The van der Waals surface area contributed by atoms with Gasteiger partial charge in [0.2, 0.25) is 0 Å². The van der Waals surface area contributed by atoms with Crippen molar-refractivity contribution in [3.63, 3.8) is 0 Å². The number of fused-ring (bicyclic) bond motifs is 1. The number of anilines is 2. The Morgan fingerprint density at radius 3 is 2.53 bits per heavy atom. The molecule has 7 nitrogen and oxygen atoms in total. The first-order chi connectivity index (χ1) is 18.1. The highest BCUT2D eigenvalue weighted by Crippen LogP contribution is 2.42. The van der Waals surface area contributed by atoms with Crippen molar-refractivity contribution in [2.45, 2.75) is 45.3 Å². The highest BCUT2D eigenvalue weighted by atomic mass is 32.1. The number of halogens is 1. The van der Waals surface area contributed by atoms with Crippen LogP contribution < -0.4 is 9.80 Å². The predicted molar refractivity (Wildman–Crippen MR) is 148 cm³/mol. The fraction of sp³-hybridized carbons (Fsp3) is 0.414. The van der Waals surface area contributed by atoms with Crippen LogP contribution in [-0.2, 0) is 11.2 Å². The SMILES string of the molecule is CN(c1nc(-c2ccc(F)cc2)c(C#N)s1)C1CCc2ccc(N3CCN(C(=O)OC(C)(C)C)CC3)cc21. The average Bonchev–Trinajstić information content (AvgIpc) is 3.52. The maximum Gasteiger partial charge on any atom is 0.410 e. The molecule has 0 N–H and O–H groups in total. The minimum absolute atomic E-state index is 0.145. The van der Waals surface area contributed by atoms with Gasteiger partial charge in [-0.3, -0.25) is 0 Å². The van der Waals surface area contributed by atoms with Gasteiger partial charge in [0, 0.05) is 44.5 Å². The predicted octanol–water partition coefficient (Wildman–Crippen LogP) is 6.00. The third-order valence-corrected chi connectivity index (χ3v) is 8.13. The van der Waals surface area contributed by atoms with E-state index in [2.05, 4.69) is 34.1 Å². The number of carbonyl (C=O) groups excluding carboxylic acids is 1. The first kappa shape index (κ1) is 26.0. The summed E-state index contributed by atoms with van der Waals surface area (Å²) < 4.78 is 19.0. The zero-order valence-electron chi connectivity index (χ0n) is 22.2. The zero-order valence-corrected chi connectivity index (χ0v) is 23.0. The van der Waals surface area contributed by atoms with Crippen LogP contribution in [0.5, 0.6) is 0 Å². The maximum absolute atomic E-state index is 13.4.